The molecule has 102 valence electrons. The summed E-state index contributed by atoms with van der Waals surface area (Å²) in [5.41, 5.74) is 4.71. The van der Waals surface area contributed by atoms with E-state index in [-0.39, 0.29) is 5.91 Å². The molecule has 0 fully saturated rings. The lowest BCUT2D eigenvalue weighted by molar-refractivity contribution is 0.0952. The number of rotatable bonds is 4. The predicted molar refractivity (Wildman–Crippen MR) is 79.2 cm³/mol. The molecule has 0 heterocycles. The highest BCUT2D eigenvalue weighted by molar-refractivity contribution is 5.93. The smallest absolute Gasteiger partial charge is 0.272 e. The Bertz CT molecular complexity index is 591. The third-order valence-corrected chi connectivity index (χ3v) is 2.72. The number of carbonyl (C=O) groups is 1. The van der Waals surface area contributed by atoms with Crippen LogP contribution < -0.4 is 10.3 Å². The van der Waals surface area contributed by atoms with Gasteiger partial charge >= 0.3 is 0 Å². The summed E-state index contributed by atoms with van der Waals surface area (Å²) in [5, 5.41) is 7.65. The second-order valence-electron chi connectivity index (χ2n) is 4.42. The van der Waals surface area contributed by atoms with E-state index in [4.69, 9.17) is 0 Å². The van der Waals surface area contributed by atoms with Gasteiger partial charge in [-0.05, 0) is 36.4 Å². The zero-order valence-corrected chi connectivity index (χ0v) is 11.4. The van der Waals surface area contributed by atoms with E-state index in [0.717, 1.165) is 5.69 Å². The summed E-state index contributed by atoms with van der Waals surface area (Å²) in [5.74, 6) is -0.278. The van der Waals surface area contributed by atoms with Gasteiger partial charge in [0.05, 0.1) is 5.69 Å². The molecule has 0 saturated carbocycles. The molecule has 2 aromatic carbocycles. The van der Waals surface area contributed by atoms with Crippen LogP contribution in [0.2, 0.25) is 0 Å². The molecule has 0 saturated heterocycles. The maximum absolute atomic E-state index is 11.7. The minimum Gasteiger partial charge on any atom is -0.378 e. The van der Waals surface area contributed by atoms with Gasteiger partial charge in [-0.1, -0.05) is 23.4 Å². The lowest BCUT2D eigenvalue weighted by Gasteiger charge is -2.11. The van der Waals surface area contributed by atoms with E-state index in [1.54, 1.807) is 24.3 Å². The molecule has 5 heteroatoms. The maximum Gasteiger partial charge on any atom is 0.272 e. The third kappa shape index (κ3) is 3.65. The van der Waals surface area contributed by atoms with Crippen molar-refractivity contribution in [3.63, 3.8) is 0 Å². The maximum atomic E-state index is 11.7. The van der Waals surface area contributed by atoms with Crippen molar-refractivity contribution in [1.29, 1.82) is 0 Å². The fraction of sp³-hybridized carbons (Fsp3) is 0.133. The molecule has 20 heavy (non-hydrogen) atoms. The van der Waals surface area contributed by atoms with Crippen molar-refractivity contribution in [3.8, 4) is 0 Å². The molecular weight excluding hydrogens is 252 g/mol. The Balaban J connectivity index is 1.95. The van der Waals surface area contributed by atoms with Crippen LogP contribution in [0.1, 0.15) is 10.4 Å². The van der Waals surface area contributed by atoms with Gasteiger partial charge in [-0.25, -0.2) is 5.43 Å². The van der Waals surface area contributed by atoms with Crippen LogP contribution >= 0.6 is 0 Å². The van der Waals surface area contributed by atoms with E-state index < -0.39 is 0 Å². The lowest BCUT2D eigenvalue weighted by Crippen LogP contribution is -2.16. The number of benzene rings is 2. The van der Waals surface area contributed by atoms with Gasteiger partial charge in [0.25, 0.3) is 5.91 Å². The molecule has 0 radical (unpaired) electrons. The van der Waals surface area contributed by atoms with Crippen LogP contribution in [0.4, 0.5) is 11.4 Å². The number of amides is 1. The lowest BCUT2D eigenvalue weighted by atomic mass is 10.2. The van der Waals surface area contributed by atoms with Crippen molar-refractivity contribution in [1.82, 2.24) is 5.43 Å². The van der Waals surface area contributed by atoms with Crippen molar-refractivity contribution < 1.29 is 4.79 Å². The van der Waals surface area contributed by atoms with E-state index >= 15 is 0 Å². The zero-order chi connectivity index (χ0) is 14.4. The quantitative estimate of drug-likeness (QED) is 0.684. The van der Waals surface area contributed by atoms with Gasteiger partial charge in [-0.15, -0.1) is 5.11 Å². The molecule has 0 bridgehead atoms. The van der Waals surface area contributed by atoms with Crippen LogP contribution in [0.3, 0.4) is 0 Å². The topological polar surface area (TPSA) is 57.1 Å². The number of hydrogen-bond donors (Lipinski definition) is 1. The van der Waals surface area contributed by atoms with Gasteiger partial charge in [0.1, 0.15) is 0 Å². The summed E-state index contributed by atoms with van der Waals surface area (Å²) >= 11 is 0. The van der Waals surface area contributed by atoms with Gasteiger partial charge in [0.2, 0.25) is 0 Å². The third-order valence-electron chi connectivity index (χ3n) is 2.72. The largest absolute Gasteiger partial charge is 0.378 e. The average molecular weight is 268 g/mol. The molecule has 2 aromatic rings. The average Bonchev–Trinajstić information content (AvgIpc) is 2.48. The summed E-state index contributed by atoms with van der Waals surface area (Å²) in [6.45, 7) is 0. The monoisotopic (exact) mass is 268 g/mol. The van der Waals surface area contributed by atoms with Crippen molar-refractivity contribution >= 4 is 17.3 Å². The van der Waals surface area contributed by atoms with Crippen LogP contribution in [0, 0.1) is 0 Å². The van der Waals surface area contributed by atoms with E-state index in [0.29, 0.717) is 11.3 Å². The van der Waals surface area contributed by atoms with E-state index in [1.807, 2.05) is 49.3 Å². The molecule has 0 aliphatic carbocycles. The highest BCUT2D eigenvalue weighted by Gasteiger charge is 2.02. The second kappa shape index (κ2) is 6.47. The minimum absolute atomic E-state index is 0.278. The first-order valence-electron chi connectivity index (χ1n) is 6.20. The van der Waals surface area contributed by atoms with E-state index in [2.05, 4.69) is 15.8 Å². The molecule has 0 aliphatic heterocycles. The normalized spacial score (nSPS) is 10.5. The fourth-order valence-electron chi connectivity index (χ4n) is 1.60. The van der Waals surface area contributed by atoms with Gasteiger partial charge in [-0.3, -0.25) is 4.79 Å². The van der Waals surface area contributed by atoms with Crippen LogP contribution in [-0.4, -0.2) is 20.0 Å². The van der Waals surface area contributed by atoms with Crippen LogP contribution in [0.25, 0.3) is 0 Å². The van der Waals surface area contributed by atoms with Crippen LogP contribution in [0.15, 0.2) is 64.9 Å². The molecule has 2 rings (SSSR count). The van der Waals surface area contributed by atoms with Gasteiger partial charge in [0.15, 0.2) is 0 Å². The Hall–Kier alpha value is -2.69. The highest BCUT2D eigenvalue weighted by atomic mass is 16.2. The Kier molecular flexibility index (Phi) is 4.44. The summed E-state index contributed by atoms with van der Waals surface area (Å²) in [6.07, 6.45) is 0. The molecule has 1 amide bonds. The zero-order valence-electron chi connectivity index (χ0n) is 11.4. The summed E-state index contributed by atoms with van der Waals surface area (Å²) in [6, 6.07) is 16.4. The Morgan fingerprint density at radius 2 is 1.65 bits per heavy atom. The molecule has 0 unspecified atom stereocenters. The molecule has 5 nitrogen and oxygen atoms in total. The van der Waals surface area contributed by atoms with E-state index in [9.17, 15) is 4.79 Å². The minimum atomic E-state index is -0.278. The van der Waals surface area contributed by atoms with Crippen molar-refractivity contribution in [2.45, 2.75) is 0 Å². The van der Waals surface area contributed by atoms with Crippen molar-refractivity contribution in [3.05, 3.63) is 60.2 Å². The first-order chi connectivity index (χ1) is 9.66. The van der Waals surface area contributed by atoms with Crippen LogP contribution in [0.5, 0.6) is 0 Å². The second-order valence-corrected chi connectivity index (χ2v) is 4.42. The van der Waals surface area contributed by atoms with Gasteiger partial charge < -0.3 is 4.90 Å². The standard InChI is InChI=1S/C15H16N4O/c1-19(2)14-10-8-13(9-11-14)16-18-17-15(20)12-6-4-3-5-7-12/h3-11H,1-2H3,(H,16,17,20). The van der Waals surface area contributed by atoms with Gasteiger partial charge in [0, 0.05) is 25.3 Å². The Labute approximate surface area is 117 Å². The molecule has 0 atom stereocenters. The number of carbonyl (C=O) groups excluding carboxylic acids is 1. The Morgan fingerprint density at radius 1 is 1.00 bits per heavy atom. The van der Waals surface area contributed by atoms with Crippen LogP contribution in [-0.2, 0) is 0 Å². The molecule has 0 aliphatic rings. The Morgan fingerprint density at radius 3 is 2.25 bits per heavy atom. The van der Waals surface area contributed by atoms with Crippen molar-refractivity contribution in [2.75, 3.05) is 19.0 Å². The number of nitrogens with zero attached hydrogens (tertiary/aromatic N) is 3. The SMILES string of the molecule is CN(C)c1ccc(N=NNC(=O)c2ccccc2)cc1. The van der Waals surface area contributed by atoms with Gasteiger partial charge in [-0.2, -0.15) is 0 Å². The molecular formula is C15H16N4O. The molecule has 0 aromatic heterocycles. The molecule has 0 spiro atoms. The van der Waals surface area contributed by atoms with Crippen molar-refractivity contribution in [2.24, 2.45) is 10.3 Å². The summed E-state index contributed by atoms with van der Waals surface area (Å²) < 4.78 is 0. The number of hydrogen-bond acceptors (Lipinski definition) is 4. The first kappa shape index (κ1) is 13.7. The highest BCUT2D eigenvalue weighted by Crippen LogP contribution is 2.17. The number of nitrogens with one attached hydrogen (secondary N) is 1. The first-order valence-corrected chi connectivity index (χ1v) is 6.20. The summed E-state index contributed by atoms with van der Waals surface area (Å²) in [7, 11) is 3.94. The summed E-state index contributed by atoms with van der Waals surface area (Å²) in [4.78, 5) is 13.7. The van der Waals surface area contributed by atoms with E-state index in [1.165, 1.54) is 0 Å². The fourth-order valence-corrected chi connectivity index (χ4v) is 1.60. The molecule has 1 N–H and O–H groups in total. The number of anilines is 1. The predicted octanol–water partition coefficient (Wildman–Crippen LogP) is 3.18.